The normalized spacial score (nSPS) is 15.1. The summed E-state index contributed by atoms with van der Waals surface area (Å²) in [6, 6.07) is 10.4. The minimum absolute atomic E-state index is 0.185. The minimum Gasteiger partial charge on any atom is -0.455 e. The number of hydrogen-bond acceptors (Lipinski definition) is 6. The van der Waals surface area contributed by atoms with Crippen molar-refractivity contribution in [3.05, 3.63) is 70.1 Å². The maximum absolute atomic E-state index is 14.4. The van der Waals surface area contributed by atoms with E-state index in [2.05, 4.69) is 4.98 Å². The first-order valence-electron chi connectivity index (χ1n) is 9.87. The lowest BCUT2D eigenvalue weighted by molar-refractivity contribution is 0.0462. The van der Waals surface area contributed by atoms with Crippen LogP contribution in [0.2, 0.25) is 5.02 Å². The van der Waals surface area contributed by atoms with Crippen LogP contribution in [0.3, 0.4) is 0 Å². The molecule has 1 aliphatic rings. The summed E-state index contributed by atoms with van der Waals surface area (Å²) >= 11 is 6.38. The molecule has 0 unspecified atom stereocenters. The molecule has 2 aromatic carbocycles. The van der Waals surface area contributed by atoms with Gasteiger partial charge in [-0.05, 0) is 36.8 Å². The van der Waals surface area contributed by atoms with Gasteiger partial charge in [0.25, 0.3) is 0 Å². The van der Waals surface area contributed by atoms with E-state index >= 15 is 0 Å². The Morgan fingerprint density at radius 3 is 2.69 bits per heavy atom. The van der Waals surface area contributed by atoms with Crippen molar-refractivity contribution in [2.45, 2.75) is 18.4 Å². The third-order valence-corrected chi connectivity index (χ3v) is 7.65. The fourth-order valence-electron chi connectivity index (χ4n) is 3.48. The zero-order chi connectivity index (χ0) is 22.9. The van der Waals surface area contributed by atoms with Crippen molar-refractivity contribution in [3.8, 4) is 0 Å². The van der Waals surface area contributed by atoms with Crippen LogP contribution in [0, 0.1) is 12.7 Å². The molecule has 0 bridgehead atoms. The molecule has 2 heterocycles. The van der Waals surface area contributed by atoms with Crippen LogP contribution in [0.5, 0.6) is 0 Å². The van der Waals surface area contributed by atoms with Gasteiger partial charge in [-0.25, -0.2) is 22.6 Å². The highest BCUT2D eigenvalue weighted by Gasteiger charge is 2.28. The van der Waals surface area contributed by atoms with Crippen LogP contribution in [0.1, 0.15) is 21.6 Å². The van der Waals surface area contributed by atoms with Crippen molar-refractivity contribution < 1.29 is 27.1 Å². The van der Waals surface area contributed by atoms with Crippen molar-refractivity contribution in [1.82, 2.24) is 9.29 Å². The number of rotatable bonds is 5. The van der Waals surface area contributed by atoms with Gasteiger partial charge in [-0.2, -0.15) is 4.31 Å². The van der Waals surface area contributed by atoms with Crippen LogP contribution < -0.4 is 0 Å². The molecule has 32 heavy (non-hydrogen) atoms. The summed E-state index contributed by atoms with van der Waals surface area (Å²) in [5.74, 6) is -1.89. The Morgan fingerprint density at radius 1 is 1.22 bits per heavy atom. The molecule has 168 valence electrons. The van der Waals surface area contributed by atoms with Crippen molar-refractivity contribution in [2.24, 2.45) is 0 Å². The quantitative estimate of drug-likeness (QED) is 0.520. The molecule has 1 saturated heterocycles. The highest BCUT2D eigenvalue weighted by Crippen LogP contribution is 2.28. The summed E-state index contributed by atoms with van der Waals surface area (Å²) in [6.07, 6.45) is 0. The topological polar surface area (TPSA) is 85.8 Å². The maximum Gasteiger partial charge on any atom is 0.341 e. The minimum atomic E-state index is -3.89. The van der Waals surface area contributed by atoms with Crippen molar-refractivity contribution in [1.29, 1.82) is 0 Å². The van der Waals surface area contributed by atoms with Crippen LogP contribution in [0.4, 0.5) is 4.39 Å². The average Bonchev–Trinajstić information content (AvgIpc) is 2.81. The van der Waals surface area contributed by atoms with Gasteiger partial charge in [0.2, 0.25) is 10.0 Å². The van der Waals surface area contributed by atoms with Crippen molar-refractivity contribution in [2.75, 3.05) is 26.3 Å². The first-order valence-corrected chi connectivity index (χ1v) is 11.7. The van der Waals surface area contributed by atoms with Gasteiger partial charge < -0.3 is 9.47 Å². The molecule has 1 fully saturated rings. The van der Waals surface area contributed by atoms with Crippen LogP contribution in [0.25, 0.3) is 10.9 Å². The van der Waals surface area contributed by atoms with Crippen LogP contribution in [0.15, 0.2) is 47.4 Å². The summed E-state index contributed by atoms with van der Waals surface area (Å²) in [4.78, 5) is 16.8. The monoisotopic (exact) mass is 478 g/mol. The number of morpholine rings is 1. The largest absolute Gasteiger partial charge is 0.455 e. The Hall–Kier alpha value is -2.59. The summed E-state index contributed by atoms with van der Waals surface area (Å²) in [6.45, 7) is 2.46. The molecule has 1 aliphatic heterocycles. The zero-order valence-electron chi connectivity index (χ0n) is 17.2. The fourth-order valence-corrected chi connectivity index (χ4v) is 5.12. The van der Waals surface area contributed by atoms with Gasteiger partial charge in [0.05, 0.1) is 39.9 Å². The molecular weight excluding hydrogens is 459 g/mol. The molecule has 0 spiro atoms. The number of fused-ring (bicyclic) bond motifs is 1. The molecule has 0 saturated carbocycles. The Kier molecular flexibility index (Phi) is 6.43. The Morgan fingerprint density at radius 2 is 1.94 bits per heavy atom. The number of carbonyl (C=O) groups is 1. The maximum atomic E-state index is 14.4. The zero-order valence-corrected chi connectivity index (χ0v) is 18.7. The summed E-state index contributed by atoms with van der Waals surface area (Å²) in [5.41, 5.74) is 1.32. The lowest BCUT2D eigenvalue weighted by atomic mass is 10.1. The van der Waals surface area contributed by atoms with E-state index in [1.54, 1.807) is 0 Å². The van der Waals surface area contributed by atoms with Crippen LogP contribution in [-0.4, -0.2) is 50.0 Å². The van der Waals surface area contributed by atoms with Gasteiger partial charge in [-0.1, -0.05) is 29.8 Å². The predicted octanol–water partition coefficient (Wildman–Crippen LogP) is 3.71. The standard InChI is InChI=1S/C22H20ClFN2O5S/c1-14-16-4-2-3-5-19(16)25-20(21(14)23)13-31-22(27)17-12-15(6-7-18(17)24)32(28,29)26-8-10-30-11-9-26/h2-7,12H,8-11,13H2,1H3. The molecule has 0 aliphatic carbocycles. The number of carbonyl (C=O) groups excluding carboxylic acids is 1. The van der Waals surface area contributed by atoms with E-state index in [9.17, 15) is 17.6 Å². The van der Waals surface area contributed by atoms with E-state index in [0.29, 0.717) is 16.2 Å². The summed E-state index contributed by atoms with van der Waals surface area (Å²) in [7, 11) is -3.89. The highest BCUT2D eigenvalue weighted by molar-refractivity contribution is 7.89. The molecule has 1 aromatic heterocycles. The number of hydrogen-bond donors (Lipinski definition) is 0. The fraction of sp³-hybridized carbons (Fsp3) is 0.273. The Bertz CT molecular complexity index is 1290. The van der Waals surface area contributed by atoms with E-state index in [0.717, 1.165) is 29.1 Å². The summed E-state index contributed by atoms with van der Waals surface area (Å²) in [5, 5.41) is 1.22. The van der Waals surface area contributed by atoms with E-state index in [1.165, 1.54) is 4.31 Å². The number of para-hydroxylation sites is 1. The van der Waals surface area contributed by atoms with Gasteiger partial charge in [-0.15, -0.1) is 0 Å². The third-order valence-electron chi connectivity index (χ3n) is 5.25. The smallest absolute Gasteiger partial charge is 0.341 e. The van der Waals surface area contributed by atoms with Crippen LogP contribution >= 0.6 is 11.6 Å². The number of esters is 1. The highest BCUT2D eigenvalue weighted by atomic mass is 35.5. The SMILES string of the molecule is Cc1c(Cl)c(COC(=O)c2cc(S(=O)(=O)N3CCOCC3)ccc2F)nc2ccccc12. The number of aromatic nitrogens is 1. The number of nitrogens with zero attached hydrogens (tertiary/aromatic N) is 2. The number of ether oxygens (including phenoxy) is 2. The molecule has 3 aromatic rings. The van der Waals surface area contributed by atoms with Gasteiger partial charge in [0.15, 0.2) is 0 Å². The molecule has 0 N–H and O–H groups in total. The lowest BCUT2D eigenvalue weighted by Crippen LogP contribution is -2.40. The second kappa shape index (κ2) is 9.11. The average molecular weight is 479 g/mol. The van der Waals surface area contributed by atoms with E-state index in [-0.39, 0.29) is 37.8 Å². The van der Waals surface area contributed by atoms with E-state index in [1.807, 2.05) is 31.2 Å². The van der Waals surface area contributed by atoms with Crippen molar-refractivity contribution in [3.63, 3.8) is 0 Å². The van der Waals surface area contributed by atoms with Gasteiger partial charge in [0, 0.05) is 18.5 Å². The second-order valence-electron chi connectivity index (χ2n) is 7.25. The molecular formula is C22H20ClFN2O5S. The molecule has 0 amide bonds. The third kappa shape index (κ3) is 4.33. The van der Waals surface area contributed by atoms with Crippen LogP contribution in [-0.2, 0) is 26.1 Å². The van der Waals surface area contributed by atoms with Gasteiger partial charge in [0.1, 0.15) is 12.4 Å². The Balaban J connectivity index is 1.57. The van der Waals surface area contributed by atoms with Gasteiger partial charge >= 0.3 is 5.97 Å². The number of halogens is 2. The number of pyridine rings is 1. The number of aryl methyl sites for hydroxylation is 1. The number of sulfonamides is 1. The molecule has 7 nitrogen and oxygen atoms in total. The Labute approximate surface area is 189 Å². The first kappa shape index (κ1) is 22.6. The van der Waals surface area contributed by atoms with E-state index < -0.39 is 27.4 Å². The molecule has 4 rings (SSSR count). The van der Waals surface area contributed by atoms with Crippen molar-refractivity contribution >= 4 is 38.5 Å². The first-order chi connectivity index (χ1) is 15.3. The predicted molar refractivity (Wildman–Crippen MR) is 117 cm³/mol. The molecule has 10 heteroatoms. The number of benzene rings is 2. The lowest BCUT2D eigenvalue weighted by Gasteiger charge is -2.26. The second-order valence-corrected chi connectivity index (χ2v) is 9.56. The van der Waals surface area contributed by atoms with E-state index in [4.69, 9.17) is 21.1 Å². The summed E-state index contributed by atoms with van der Waals surface area (Å²) < 4.78 is 51.7. The molecule has 0 radical (unpaired) electrons. The van der Waals surface area contributed by atoms with Gasteiger partial charge in [-0.3, -0.25) is 0 Å². The molecule has 0 atom stereocenters.